The largest absolute Gasteiger partial charge is 0.355 e. The molecule has 0 saturated heterocycles. The van der Waals surface area contributed by atoms with E-state index in [1.165, 1.54) is 0 Å². The number of carbonyl (C=O) groups is 1. The van der Waals surface area contributed by atoms with Crippen molar-refractivity contribution in [1.29, 1.82) is 0 Å². The van der Waals surface area contributed by atoms with Crippen LogP contribution in [-0.4, -0.2) is 29.8 Å². The Labute approximate surface area is 95.2 Å². The molecule has 1 rings (SSSR count). The maximum atomic E-state index is 11.2. The van der Waals surface area contributed by atoms with E-state index in [0.29, 0.717) is 17.0 Å². The molecule has 1 N–H and O–H groups in total. The Balaban J connectivity index is 2.09. The normalized spacial score (nSPS) is 27.3. The molecule has 1 amide bonds. The second-order valence-electron chi connectivity index (χ2n) is 3.86. The number of hydrogen-bond acceptors (Lipinski definition) is 2. The van der Waals surface area contributed by atoms with Crippen molar-refractivity contribution >= 4 is 29.3 Å². The van der Waals surface area contributed by atoms with E-state index in [0.717, 1.165) is 32.2 Å². The fourth-order valence-corrected chi connectivity index (χ4v) is 2.38. The van der Waals surface area contributed by atoms with Gasteiger partial charge in [-0.15, -0.1) is 11.6 Å². The maximum Gasteiger partial charge on any atom is 0.229 e. The second kappa shape index (κ2) is 6.57. The lowest BCUT2D eigenvalue weighted by Gasteiger charge is -2.24. The molecule has 1 saturated carbocycles. The number of rotatable bonds is 4. The molecule has 0 unspecified atom stereocenters. The number of carbonyl (C=O) groups excluding carboxylic acids is 1. The van der Waals surface area contributed by atoms with Crippen molar-refractivity contribution in [3.05, 3.63) is 0 Å². The van der Waals surface area contributed by atoms with Gasteiger partial charge in [-0.1, -0.05) is 0 Å². The molecule has 1 aliphatic carbocycles. The Morgan fingerprint density at radius 1 is 1.43 bits per heavy atom. The minimum Gasteiger partial charge on any atom is -0.355 e. The number of alkyl halides is 1. The van der Waals surface area contributed by atoms with Crippen LogP contribution in [0.15, 0.2) is 0 Å². The first-order valence-corrected chi connectivity index (χ1v) is 6.95. The molecule has 4 heteroatoms. The highest BCUT2D eigenvalue weighted by atomic mass is 35.5. The summed E-state index contributed by atoms with van der Waals surface area (Å²) in [5.41, 5.74) is 0. The summed E-state index contributed by atoms with van der Waals surface area (Å²) >= 11 is 7.57. The van der Waals surface area contributed by atoms with Gasteiger partial charge in [0.1, 0.15) is 0 Å². The van der Waals surface area contributed by atoms with Crippen molar-refractivity contribution in [3.8, 4) is 0 Å². The van der Waals surface area contributed by atoms with Gasteiger partial charge >= 0.3 is 0 Å². The topological polar surface area (TPSA) is 29.1 Å². The summed E-state index contributed by atoms with van der Waals surface area (Å²) in [5, 5.41) is 3.33. The van der Waals surface area contributed by atoms with Crippen LogP contribution in [0.3, 0.4) is 0 Å². The van der Waals surface area contributed by atoms with Gasteiger partial charge in [-0.05, 0) is 37.9 Å². The second-order valence-corrected chi connectivity index (χ2v) is 5.34. The van der Waals surface area contributed by atoms with Gasteiger partial charge < -0.3 is 5.32 Å². The van der Waals surface area contributed by atoms with Gasteiger partial charge in [-0.3, -0.25) is 4.79 Å². The highest BCUT2D eigenvalue weighted by Crippen LogP contribution is 2.26. The van der Waals surface area contributed by atoms with Crippen molar-refractivity contribution in [1.82, 2.24) is 5.32 Å². The van der Waals surface area contributed by atoms with Crippen LogP contribution in [-0.2, 0) is 4.79 Å². The molecule has 14 heavy (non-hydrogen) atoms. The van der Waals surface area contributed by atoms with Gasteiger partial charge in [0, 0.05) is 11.9 Å². The number of nitrogens with one attached hydrogen (secondary N) is 1. The van der Waals surface area contributed by atoms with Crippen LogP contribution in [0.1, 0.15) is 25.7 Å². The molecule has 0 radical (unpaired) electrons. The summed E-state index contributed by atoms with van der Waals surface area (Å²) in [6, 6.07) is 0. The Kier molecular flexibility index (Phi) is 5.71. The number of hydrogen-bond donors (Lipinski definition) is 1. The van der Waals surface area contributed by atoms with Crippen LogP contribution in [0.4, 0.5) is 0 Å². The molecule has 2 nitrogen and oxygen atoms in total. The molecule has 0 bridgehead atoms. The summed E-state index contributed by atoms with van der Waals surface area (Å²) in [5.74, 6) is 1.38. The molecule has 0 aromatic rings. The molecule has 0 heterocycles. The molecular formula is C10H18ClNOS. The molecule has 0 aliphatic heterocycles. The summed E-state index contributed by atoms with van der Waals surface area (Å²) in [6.07, 6.45) is 6.47. The van der Waals surface area contributed by atoms with Gasteiger partial charge in [0.05, 0.1) is 5.75 Å². The average molecular weight is 236 g/mol. The smallest absolute Gasteiger partial charge is 0.229 e. The first-order chi connectivity index (χ1) is 6.72. The standard InChI is InChI=1S/C10H18ClNOS/c1-14-7-10(13)12-6-8-2-4-9(11)5-3-8/h8-9H,2-7H2,1H3,(H,12,13). The lowest BCUT2D eigenvalue weighted by Crippen LogP contribution is -2.32. The predicted molar refractivity (Wildman–Crippen MR) is 63.0 cm³/mol. The lowest BCUT2D eigenvalue weighted by molar-refractivity contribution is -0.118. The van der Waals surface area contributed by atoms with E-state index in [2.05, 4.69) is 5.32 Å². The van der Waals surface area contributed by atoms with E-state index in [-0.39, 0.29) is 5.91 Å². The average Bonchev–Trinajstić information content (AvgIpc) is 2.17. The Morgan fingerprint density at radius 3 is 2.64 bits per heavy atom. The minimum atomic E-state index is 0.158. The summed E-state index contributed by atoms with van der Waals surface area (Å²) < 4.78 is 0. The predicted octanol–water partition coefficient (Wildman–Crippen LogP) is 2.26. The maximum absolute atomic E-state index is 11.2. The van der Waals surface area contributed by atoms with Gasteiger partial charge in [-0.2, -0.15) is 11.8 Å². The van der Waals surface area contributed by atoms with E-state index in [1.54, 1.807) is 11.8 Å². The van der Waals surface area contributed by atoms with Crippen LogP contribution < -0.4 is 5.32 Å². The Bertz CT molecular complexity index is 181. The first-order valence-electron chi connectivity index (χ1n) is 5.12. The van der Waals surface area contributed by atoms with Crippen molar-refractivity contribution in [2.24, 2.45) is 5.92 Å². The third-order valence-electron chi connectivity index (χ3n) is 2.64. The molecular weight excluding hydrogens is 218 g/mol. The summed E-state index contributed by atoms with van der Waals surface area (Å²) in [4.78, 5) is 11.2. The van der Waals surface area contributed by atoms with Crippen LogP contribution in [0.2, 0.25) is 0 Å². The highest BCUT2D eigenvalue weighted by molar-refractivity contribution is 7.99. The fourth-order valence-electron chi connectivity index (χ4n) is 1.77. The van der Waals surface area contributed by atoms with Gasteiger partial charge in [0.2, 0.25) is 5.91 Å². The zero-order chi connectivity index (χ0) is 10.4. The Morgan fingerprint density at radius 2 is 2.07 bits per heavy atom. The monoisotopic (exact) mass is 235 g/mol. The fraction of sp³-hybridized carbons (Fsp3) is 0.900. The van der Waals surface area contributed by atoms with Crippen molar-refractivity contribution in [3.63, 3.8) is 0 Å². The van der Waals surface area contributed by atoms with E-state index < -0.39 is 0 Å². The number of amides is 1. The van der Waals surface area contributed by atoms with Crippen molar-refractivity contribution < 1.29 is 4.79 Å². The van der Waals surface area contributed by atoms with Crippen LogP contribution in [0, 0.1) is 5.92 Å². The van der Waals surface area contributed by atoms with Crippen molar-refractivity contribution in [2.45, 2.75) is 31.1 Å². The van der Waals surface area contributed by atoms with E-state index in [9.17, 15) is 4.79 Å². The molecule has 82 valence electrons. The van der Waals surface area contributed by atoms with Crippen LogP contribution in [0.5, 0.6) is 0 Å². The minimum absolute atomic E-state index is 0.158. The van der Waals surface area contributed by atoms with Gasteiger partial charge in [0.15, 0.2) is 0 Å². The SMILES string of the molecule is CSCC(=O)NCC1CCC(Cl)CC1. The lowest BCUT2D eigenvalue weighted by atomic mass is 9.89. The first kappa shape index (κ1) is 12.2. The van der Waals surface area contributed by atoms with Crippen LogP contribution >= 0.6 is 23.4 Å². The zero-order valence-corrected chi connectivity index (χ0v) is 10.2. The molecule has 0 atom stereocenters. The summed E-state index contributed by atoms with van der Waals surface area (Å²) in [7, 11) is 0. The third-order valence-corrected chi connectivity index (χ3v) is 3.63. The molecule has 0 aromatic carbocycles. The van der Waals surface area contributed by atoms with E-state index in [1.807, 2.05) is 6.26 Å². The quantitative estimate of drug-likeness (QED) is 0.758. The van der Waals surface area contributed by atoms with Gasteiger partial charge in [0.25, 0.3) is 0 Å². The van der Waals surface area contributed by atoms with Crippen LogP contribution in [0.25, 0.3) is 0 Å². The third kappa shape index (κ3) is 4.56. The van der Waals surface area contributed by atoms with E-state index in [4.69, 9.17) is 11.6 Å². The van der Waals surface area contributed by atoms with Crippen molar-refractivity contribution in [2.75, 3.05) is 18.6 Å². The molecule has 1 aliphatic rings. The molecule has 1 fully saturated rings. The number of thioether (sulfide) groups is 1. The van der Waals surface area contributed by atoms with E-state index >= 15 is 0 Å². The molecule has 0 spiro atoms. The zero-order valence-electron chi connectivity index (χ0n) is 8.59. The Hall–Kier alpha value is 0.110. The highest BCUT2D eigenvalue weighted by Gasteiger charge is 2.19. The number of halogens is 1. The summed E-state index contributed by atoms with van der Waals surface area (Å²) in [6.45, 7) is 0.836. The molecule has 0 aromatic heterocycles. The van der Waals surface area contributed by atoms with Gasteiger partial charge in [-0.25, -0.2) is 0 Å².